The topological polar surface area (TPSA) is 224 Å². The fourth-order valence-electron chi connectivity index (χ4n) is 5.50. The van der Waals surface area contributed by atoms with E-state index in [1.165, 1.54) is 0 Å². The van der Waals surface area contributed by atoms with E-state index in [1.54, 1.807) is 0 Å². The Hall–Kier alpha value is 0.660. The third-order valence-electron chi connectivity index (χ3n) is 8.10. The molecule has 0 amide bonds. The van der Waals surface area contributed by atoms with Crippen molar-refractivity contribution in [3.05, 3.63) is 0 Å². The molecule has 6 N–H and O–H groups in total. The molecule has 4 atom stereocenters. The number of halogens is 6. The number of Topliss-reactive ketones (excluding diaryl/α,β-unsaturated/α-hetero) is 6. The lowest BCUT2D eigenvalue weighted by atomic mass is 9.51. The second kappa shape index (κ2) is 22.7. The zero-order chi connectivity index (χ0) is 37.4. The van der Waals surface area contributed by atoms with E-state index in [0.717, 1.165) is 0 Å². The van der Waals surface area contributed by atoms with E-state index in [2.05, 4.69) is 95.6 Å². The summed E-state index contributed by atoms with van der Waals surface area (Å²) in [6.07, 6.45) is -5.30. The quantitative estimate of drug-likeness (QED) is 0.0470. The van der Waals surface area contributed by atoms with E-state index in [4.69, 9.17) is 0 Å². The van der Waals surface area contributed by atoms with Crippen LogP contribution >= 0.6 is 95.6 Å². The summed E-state index contributed by atoms with van der Waals surface area (Å²) in [5.41, 5.74) is -21.0. The highest BCUT2D eigenvalue weighted by molar-refractivity contribution is 9.10. The van der Waals surface area contributed by atoms with Gasteiger partial charge in [-0.3, -0.25) is 28.8 Å². The Bertz CT molecular complexity index is 1110. The molecule has 0 rings (SSSR count). The summed E-state index contributed by atoms with van der Waals surface area (Å²) in [4.78, 5) is 84.6. The molecular weight excluding hydrogens is 1030 g/mol. The Morgan fingerprint density at radius 1 is 0.375 bits per heavy atom. The minimum absolute atomic E-state index is 0.0444. The summed E-state index contributed by atoms with van der Waals surface area (Å²) in [6.45, 7) is -1.82. The van der Waals surface area contributed by atoms with Gasteiger partial charge in [0.15, 0.2) is 40.3 Å². The minimum atomic E-state index is -4.47. The van der Waals surface area contributed by atoms with E-state index in [1.807, 2.05) is 0 Å². The van der Waals surface area contributed by atoms with Crippen molar-refractivity contribution < 1.29 is 59.4 Å². The molecule has 0 spiro atoms. The molecule has 18 heteroatoms. The highest BCUT2D eigenvalue weighted by Gasteiger charge is 2.84. The van der Waals surface area contributed by atoms with Gasteiger partial charge in [-0.1, -0.05) is 95.6 Å². The largest absolute Gasteiger partial charge is 0.393 e. The van der Waals surface area contributed by atoms with Crippen molar-refractivity contribution in [1.29, 1.82) is 0 Å². The van der Waals surface area contributed by atoms with Gasteiger partial charge in [0.25, 0.3) is 0 Å². The molecule has 0 unspecified atom stereocenters. The van der Waals surface area contributed by atoms with Gasteiger partial charge in [-0.2, -0.15) is 0 Å². The van der Waals surface area contributed by atoms with Crippen LogP contribution in [0.4, 0.5) is 0 Å². The highest BCUT2D eigenvalue weighted by Crippen LogP contribution is 2.50. The third-order valence-corrected chi connectivity index (χ3v) is 11.5. The van der Waals surface area contributed by atoms with Crippen molar-refractivity contribution in [3.8, 4) is 0 Å². The van der Waals surface area contributed by atoms with Crippen LogP contribution in [-0.2, 0) is 28.8 Å². The number of aliphatic hydroxyl groups is 6. The minimum Gasteiger partial charge on any atom is -0.393 e. The maximum Gasteiger partial charge on any atom is 0.220 e. The Balaban J connectivity index is 8.89. The zero-order valence-corrected chi connectivity index (χ0v) is 35.9. The maximum atomic E-state index is 14.4. The number of aliphatic hydroxyl groups excluding tert-OH is 1. The number of ketones is 6. The summed E-state index contributed by atoms with van der Waals surface area (Å²) >= 11 is 18.6. The molecule has 0 saturated heterocycles. The highest BCUT2D eigenvalue weighted by atomic mass is 79.9. The predicted molar refractivity (Wildman–Crippen MR) is 200 cm³/mol. The van der Waals surface area contributed by atoms with Crippen LogP contribution in [0.2, 0.25) is 0 Å². The van der Waals surface area contributed by atoms with Crippen LogP contribution in [-0.4, -0.2) is 132 Å². The normalized spacial score (nSPS) is 17.0. The summed E-state index contributed by atoms with van der Waals surface area (Å²) in [6, 6.07) is 0. The van der Waals surface area contributed by atoms with Gasteiger partial charge >= 0.3 is 0 Å². The first-order valence-corrected chi connectivity index (χ1v) is 22.0. The lowest BCUT2D eigenvalue weighted by Crippen LogP contribution is -2.90. The van der Waals surface area contributed by atoms with Crippen molar-refractivity contribution in [2.45, 2.75) is 105 Å². The summed E-state index contributed by atoms with van der Waals surface area (Å²) in [5, 5.41) is 73.7. The number of carbonyl (C=O) groups excluding carboxylic acids is 6. The van der Waals surface area contributed by atoms with Gasteiger partial charge in [0.05, 0.1) is 6.61 Å². The van der Waals surface area contributed by atoms with E-state index < -0.39 is 108 Å². The predicted octanol–water partition coefficient (Wildman–Crippen LogP) is 3.10. The second-order valence-electron chi connectivity index (χ2n) is 11.2. The Labute approximate surface area is 330 Å². The van der Waals surface area contributed by atoms with E-state index in [-0.39, 0.29) is 70.5 Å². The van der Waals surface area contributed by atoms with Crippen molar-refractivity contribution in [1.82, 2.24) is 0 Å². The molecule has 0 saturated carbocycles. The fraction of sp³-hybridized carbons (Fsp3) is 0.800. The molecule has 12 nitrogen and oxygen atoms in total. The molecule has 0 aromatic heterocycles. The molecule has 0 aliphatic rings. The molecule has 278 valence electrons. The molecule has 0 bridgehead atoms. The average molecular weight is 1080 g/mol. The van der Waals surface area contributed by atoms with Crippen molar-refractivity contribution in [2.24, 2.45) is 0 Å². The van der Waals surface area contributed by atoms with E-state index in [9.17, 15) is 59.4 Å². The van der Waals surface area contributed by atoms with Gasteiger partial charge in [0, 0.05) is 70.5 Å². The van der Waals surface area contributed by atoms with Crippen LogP contribution < -0.4 is 0 Å². The van der Waals surface area contributed by atoms with Gasteiger partial charge in [0.2, 0.25) is 22.4 Å². The van der Waals surface area contributed by atoms with Gasteiger partial charge in [0.1, 0.15) is 0 Å². The van der Waals surface area contributed by atoms with Gasteiger partial charge in [-0.05, 0) is 38.5 Å². The Morgan fingerprint density at radius 3 is 0.917 bits per heavy atom. The SMILES string of the molecule is O=C(CCCBr)C(O)(C(=O)CCCBr)[C@@](O)(C(=O)CCCBr)[C@@](O)(C(=O)CCCBr)[C@@](O)(C(=O)CCCBr)[C@](O)(CO)C(=O)CCCBr. The van der Waals surface area contributed by atoms with Crippen LogP contribution in [0.3, 0.4) is 0 Å². The number of hydrogen-bond donors (Lipinski definition) is 6. The van der Waals surface area contributed by atoms with Crippen molar-refractivity contribution in [3.63, 3.8) is 0 Å². The van der Waals surface area contributed by atoms with E-state index >= 15 is 0 Å². The van der Waals surface area contributed by atoms with Gasteiger partial charge in [-0.25, -0.2) is 0 Å². The average Bonchev–Trinajstić information content (AvgIpc) is 3.09. The first kappa shape index (κ1) is 48.7. The smallest absolute Gasteiger partial charge is 0.220 e. The Morgan fingerprint density at radius 2 is 0.625 bits per heavy atom. The molecule has 0 aromatic carbocycles. The molecule has 48 heavy (non-hydrogen) atoms. The molecular formula is C30H44Br6O12. The van der Waals surface area contributed by atoms with Crippen molar-refractivity contribution >= 4 is 130 Å². The number of hydrogen-bond acceptors (Lipinski definition) is 12. The van der Waals surface area contributed by atoms with Crippen LogP contribution in [0.5, 0.6) is 0 Å². The Kier molecular flexibility index (Phi) is 23.0. The lowest BCUT2D eigenvalue weighted by Gasteiger charge is -2.57. The summed E-state index contributed by atoms with van der Waals surface area (Å²) in [5.74, 6) is -9.69. The summed E-state index contributed by atoms with van der Waals surface area (Å²) < 4.78 is 0. The zero-order valence-electron chi connectivity index (χ0n) is 26.3. The molecule has 0 fully saturated rings. The van der Waals surface area contributed by atoms with Crippen LogP contribution in [0.15, 0.2) is 0 Å². The van der Waals surface area contributed by atoms with Crippen LogP contribution in [0, 0.1) is 0 Å². The van der Waals surface area contributed by atoms with Gasteiger partial charge < -0.3 is 30.6 Å². The molecule has 0 aromatic rings. The molecule has 0 radical (unpaired) electrons. The molecule has 0 aliphatic heterocycles. The molecule has 0 heterocycles. The van der Waals surface area contributed by atoms with E-state index in [0.29, 0.717) is 0 Å². The number of carbonyl (C=O) groups is 6. The maximum absolute atomic E-state index is 14.4. The summed E-state index contributed by atoms with van der Waals surface area (Å²) in [7, 11) is 0. The first-order valence-electron chi connectivity index (χ1n) is 15.2. The second-order valence-corrected chi connectivity index (χ2v) is 15.9. The number of rotatable bonds is 29. The van der Waals surface area contributed by atoms with Crippen molar-refractivity contribution in [2.75, 3.05) is 38.6 Å². The third kappa shape index (κ3) is 9.79. The van der Waals surface area contributed by atoms with Gasteiger partial charge in [-0.15, -0.1) is 0 Å². The number of alkyl halides is 6. The van der Waals surface area contributed by atoms with Crippen LogP contribution in [0.1, 0.15) is 77.0 Å². The first-order chi connectivity index (χ1) is 22.4. The molecule has 0 aliphatic carbocycles. The van der Waals surface area contributed by atoms with Crippen LogP contribution in [0.25, 0.3) is 0 Å². The monoisotopic (exact) mass is 1070 g/mol. The lowest BCUT2D eigenvalue weighted by molar-refractivity contribution is -0.291. The standard InChI is InChI=1S/C30H44Br6O12/c31-13-1-7-20(38)26(44,19-37)28(46,23(41)10-4-16-34)30(48,25(43)12-6-18-36)29(47,24(42)11-5-17-35)27(45,21(39)8-2-14-32)22(40)9-3-15-33/h37,44-48H,1-19H2/t26-,28+,29-,30+/m0/s1. The fourth-order valence-corrected chi connectivity index (χ4v) is 7.18.